The molecule has 0 aliphatic carbocycles. The first-order valence-electron chi connectivity index (χ1n) is 4.58. The molecule has 4 heteroatoms. The minimum absolute atomic E-state index is 0.480. The third kappa shape index (κ3) is 1.70. The van der Waals surface area contributed by atoms with Crippen molar-refractivity contribution in [2.45, 2.75) is 13.8 Å². The lowest BCUT2D eigenvalue weighted by Crippen LogP contribution is -1.90. The van der Waals surface area contributed by atoms with Gasteiger partial charge in [0.2, 0.25) is 5.89 Å². The van der Waals surface area contributed by atoms with Crippen LogP contribution in [0.25, 0.3) is 11.5 Å². The first-order valence-corrected chi connectivity index (χ1v) is 4.96. The Morgan fingerprint density at radius 3 is 2.60 bits per heavy atom. The largest absolute Gasteiger partial charge is 0.441 e. The Morgan fingerprint density at radius 2 is 2.07 bits per heavy atom. The molecule has 2 rings (SSSR count). The zero-order valence-electron chi connectivity index (χ0n) is 8.54. The van der Waals surface area contributed by atoms with Gasteiger partial charge in [-0.15, -0.1) is 0 Å². The summed E-state index contributed by atoms with van der Waals surface area (Å²) in [4.78, 5) is 4.27. The molecule has 0 saturated heterocycles. The first kappa shape index (κ1) is 10.1. The van der Waals surface area contributed by atoms with Gasteiger partial charge in [0, 0.05) is 5.69 Å². The zero-order chi connectivity index (χ0) is 11.0. The summed E-state index contributed by atoms with van der Waals surface area (Å²) in [6, 6.07) is 5.34. The summed E-state index contributed by atoms with van der Waals surface area (Å²) in [6.45, 7) is 3.74. The van der Waals surface area contributed by atoms with E-state index in [4.69, 9.17) is 21.8 Å². The molecule has 3 nitrogen and oxygen atoms in total. The summed E-state index contributed by atoms with van der Waals surface area (Å²) in [5.41, 5.74) is 7.91. The van der Waals surface area contributed by atoms with E-state index in [0.717, 1.165) is 11.5 Å². The van der Waals surface area contributed by atoms with Crippen LogP contribution in [0, 0.1) is 13.8 Å². The molecule has 1 aromatic carbocycles. The van der Waals surface area contributed by atoms with Crippen molar-refractivity contribution in [3.8, 4) is 11.5 Å². The predicted molar refractivity (Wildman–Crippen MR) is 60.8 cm³/mol. The molecule has 0 bridgehead atoms. The molecule has 15 heavy (non-hydrogen) atoms. The molecule has 0 radical (unpaired) electrons. The van der Waals surface area contributed by atoms with Crippen LogP contribution in [0.4, 0.5) is 5.69 Å². The van der Waals surface area contributed by atoms with Crippen molar-refractivity contribution in [2.75, 3.05) is 5.73 Å². The second-order valence-electron chi connectivity index (χ2n) is 3.36. The van der Waals surface area contributed by atoms with Gasteiger partial charge in [-0.3, -0.25) is 0 Å². The second kappa shape index (κ2) is 3.59. The third-order valence-corrected chi connectivity index (χ3v) is 2.60. The summed E-state index contributed by atoms with van der Waals surface area (Å²) in [5, 5.41) is 0.552. The van der Waals surface area contributed by atoms with E-state index in [9.17, 15) is 0 Å². The van der Waals surface area contributed by atoms with Crippen molar-refractivity contribution >= 4 is 17.3 Å². The van der Waals surface area contributed by atoms with E-state index in [1.54, 1.807) is 18.2 Å². The zero-order valence-corrected chi connectivity index (χ0v) is 9.30. The van der Waals surface area contributed by atoms with Crippen LogP contribution < -0.4 is 5.73 Å². The predicted octanol–water partition coefficient (Wildman–Crippen LogP) is 3.19. The molecule has 0 fully saturated rings. The highest BCUT2D eigenvalue weighted by atomic mass is 35.5. The van der Waals surface area contributed by atoms with Gasteiger partial charge in [0.15, 0.2) is 0 Å². The fraction of sp³-hybridized carbons (Fsp3) is 0.182. The van der Waals surface area contributed by atoms with Crippen LogP contribution in [0.15, 0.2) is 22.6 Å². The Hall–Kier alpha value is -1.48. The minimum atomic E-state index is 0.480. The second-order valence-corrected chi connectivity index (χ2v) is 3.77. The van der Waals surface area contributed by atoms with Crippen molar-refractivity contribution in [1.82, 2.24) is 4.98 Å². The molecule has 0 amide bonds. The van der Waals surface area contributed by atoms with Gasteiger partial charge in [0.1, 0.15) is 5.76 Å². The quantitative estimate of drug-likeness (QED) is 0.754. The van der Waals surface area contributed by atoms with Crippen LogP contribution in [-0.2, 0) is 0 Å². The summed E-state index contributed by atoms with van der Waals surface area (Å²) in [7, 11) is 0. The monoisotopic (exact) mass is 222 g/mol. The summed E-state index contributed by atoms with van der Waals surface area (Å²) in [6.07, 6.45) is 0. The number of benzene rings is 1. The van der Waals surface area contributed by atoms with Gasteiger partial charge in [-0.2, -0.15) is 0 Å². The number of halogens is 1. The van der Waals surface area contributed by atoms with E-state index in [1.807, 2.05) is 13.8 Å². The number of aromatic nitrogens is 1. The molecule has 1 aromatic heterocycles. The molecule has 0 spiro atoms. The molecule has 0 aliphatic heterocycles. The fourth-order valence-corrected chi connectivity index (χ4v) is 1.61. The number of hydrogen-bond acceptors (Lipinski definition) is 3. The maximum Gasteiger partial charge on any atom is 0.230 e. The lowest BCUT2D eigenvalue weighted by Gasteiger charge is -2.02. The number of aryl methyl sites for hydroxylation is 2. The molecule has 2 N–H and O–H groups in total. The Labute approximate surface area is 92.9 Å². The van der Waals surface area contributed by atoms with Gasteiger partial charge >= 0.3 is 0 Å². The number of oxazole rings is 1. The van der Waals surface area contributed by atoms with E-state index >= 15 is 0 Å². The standard InChI is InChI=1S/C11H11ClN2O/c1-6-7(2)15-11(14-6)10-8(12)4-3-5-9(10)13/h3-5H,13H2,1-2H3. The molecular weight excluding hydrogens is 212 g/mol. The summed E-state index contributed by atoms with van der Waals surface area (Å²) < 4.78 is 5.49. The number of anilines is 1. The van der Waals surface area contributed by atoms with Gasteiger partial charge in [-0.25, -0.2) is 4.98 Å². The normalized spacial score (nSPS) is 10.6. The number of nitrogens with zero attached hydrogens (tertiary/aromatic N) is 1. The number of hydrogen-bond donors (Lipinski definition) is 1. The van der Waals surface area contributed by atoms with Crippen LogP contribution in [0.2, 0.25) is 5.02 Å². The average molecular weight is 223 g/mol. The van der Waals surface area contributed by atoms with Gasteiger partial charge in [-0.1, -0.05) is 17.7 Å². The van der Waals surface area contributed by atoms with Gasteiger partial charge in [0.05, 0.1) is 16.3 Å². The Kier molecular flexibility index (Phi) is 2.40. The molecule has 0 atom stereocenters. The van der Waals surface area contributed by atoms with E-state index in [-0.39, 0.29) is 0 Å². The van der Waals surface area contributed by atoms with Crippen molar-refractivity contribution in [3.63, 3.8) is 0 Å². The van der Waals surface area contributed by atoms with E-state index in [0.29, 0.717) is 22.2 Å². The summed E-state index contributed by atoms with van der Waals surface area (Å²) >= 11 is 6.05. The molecule has 1 heterocycles. The smallest absolute Gasteiger partial charge is 0.230 e. The minimum Gasteiger partial charge on any atom is -0.441 e. The molecular formula is C11H11ClN2O. The van der Waals surface area contributed by atoms with Crippen molar-refractivity contribution in [1.29, 1.82) is 0 Å². The highest BCUT2D eigenvalue weighted by Gasteiger charge is 2.14. The van der Waals surface area contributed by atoms with E-state index in [1.165, 1.54) is 0 Å². The van der Waals surface area contributed by atoms with Crippen molar-refractivity contribution in [3.05, 3.63) is 34.7 Å². The molecule has 0 aliphatic rings. The van der Waals surface area contributed by atoms with Gasteiger partial charge in [-0.05, 0) is 26.0 Å². The van der Waals surface area contributed by atoms with Crippen LogP contribution in [0.5, 0.6) is 0 Å². The Bertz CT molecular complexity index is 466. The maximum atomic E-state index is 6.05. The lowest BCUT2D eigenvalue weighted by molar-refractivity contribution is 0.541. The fourth-order valence-electron chi connectivity index (χ4n) is 1.35. The van der Waals surface area contributed by atoms with Crippen molar-refractivity contribution in [2.24, 2.45) is 0 Å². The van der Waals surface area contributed by atoms with Crippen LogP contribution in [0.3, 0.4) is 0 Å². The van der Waals surface area contributed by atoms with Crippen LogP contribution in [-0.4, -0.2) is 4.98 Å². The highest BCUT2D eigenvalue weighted by molar-refractivity contribution is 6.33. The van der Waals surface area contributed by atoms with Crippen molar-refractivity contribution < 1.29 is 4.42 Å². The number of nitrogen functional groups attached to an aromatic ring is 1. The molecule has 2 aromatic rings. The highest BCUT2D eigenvalue weighted by Crippen LogP contribution is 2.33. The Morgan fingerprint density at radius 1 is 1.33 bits per heavy atom. The number of nitrogens with two attached hydrogens (primary N) is 1. The topological polar surface area (TPSA) is 52.0 Å². The molecule has 78 valence electrons. The van der Waals surface area contributed by atoms with E-state index in [2.05, 4.69) is 4.98 Å². The average Bonchev–Trinajstić information content (AvgIpc) is 2.46. The SMILES string of the molecule is Cc1nc(-c2c(N)cccc2Cl)oc1C. The van der Waals surface area contributed by atoms with Gasteiger partial charge in [0.25, 0.3) is 0 Å². The van der Waals surface area contributed by atoms with Crippen LogP contribution >= 0.6 is 11.6 Å². The summed E-state index contributed by atoms with van der Waals surface area (Å²) in [5.74, 6) is 1.26. The Balaban J connectivity index is 2.63. The maximum absolute atomic E-state index is 6.05. The van der Waals surface area contributed by atoms with Gasteiger partial charge < -0.3 is 10.2 Å². The molecule has 0 unspecified atom stereocenters. The van der Waals surface area contributed by atoms with Crippen LogP contribution in [0.1, 0.15) is 11.5 Å². The lowest BCUT2D eigenvalue weighted by atomic mass is 10.2. The molecule has 0 saturated carbocycles. The first-order chi connectivity index (χ1) is 7.09. The van der Waals surface area contributed by atoms with E-state index < -0.39 is 0 Å². The third-order valence-electron chi connectivity index (χ3n) is 2.29. The number of rotatable bonds is 1.